The maximum atomic E-state index is 11.3. The third kappa shape index (κ3) is 6.81. The van der Waals surface area contributed by atoms with Gasteiger partial charge in [-0.2, -0.15) is 0 Å². The maximum Gasteiger partial charge on any atom is 0.315 e. The van der Waals surface area contributed by atoms with E-state index in [2.05, 4.69) is 17.6 Å². The lowest BCUT2D eigenvalue weighted by atomic mass is 10.1. The third-order valence-electron chi connectivity index (χ3n) is 3.03. The highest BCUT2D eigenvalue weighted by Crippen LogP contribution is 2.28. The van der Waals surface area contributed by atoms with E-state index in [-0.39, 0.29) is 12.5 Å². The van der Waals surface area contributed by atoms with Crippen LogP contribution in [-0.2, 0) is 4.79 Å². The van der Waals surface area contributed by atoms with E-state index in [1.807, 2.05) is 0 Å². The minimum Gasteiger partial charge on any atom is -0.481 e. The third-order valence-corrected chi connectivity index (χ3v) is 3.03. The van der Waals surface area contributed by atoms with Crippen LogP contribution in [0, 0.1) is 5.92 Å². The fraction of sp³-hybridized carbons (Fsp3) is 0.833. The second kappa shape index (κ2) is 7.14. The molecule has 1 rings (SSSR count). The summed E-state index contributed by atoms with van der Waals surface area (Å²) in [7, 11) is 0. The molecule has 5 heteroatoms. The Balaban J connectivity index is 1.83. The number of rotatable bonds is 8. The van der Waals surface area contributed by atoms with Gasteiger partial charge in [-0.1, -0.05) is 19.8 Å². The quantitative estimate of drug-likeness (QED) is 0.567. The highest BCUT2D eigenvalue weighted by molar-refractivity contribution is 5.74. The predicted octanol–water partition coefficient (Wildman–Crippen LogP) is 1.73. The first kappa shape index (κ1) is 13.8. The molecule has 2 atom stereocenters. The van der Waals surface area contributed by atoms with Gasteiger partial charge in [0.15, 0.2) is 0 Å². The molecule has 0 aromatic rings. The number of nitrogens with one attached hydrogen (secondary N) is 2. The van der Waals surface area contributed by atoms with Gasteiger partial charge in [0.05, 0.1) is 0 Å². The first-order valence-corrected chi connectivity index (χ1v) is 6.35. The van der Waals surface area contributed by atoms with E-state index >= 15 is 0 Å². The zero-order valence-electron chi connectivity index (χ0n) is 10.4. The number of amides is 2. The van der Waals surface area contributed by atoms with Crippen LogP contribution in [0.3, 0.4) is 0 Å². The monoisotopic (exact) mass is 242 g/mol. The van der Waals surface area contributed by atoms with Gasteiger partial charge in [0.2, 0.25) is 0 Å². The molecule has 17 heavy (non-hydrogen) atoms. The molecule has 1 aliphatic carbocycles. The molecule has 0 saturated heterocycles. The first-order valence-electron chi connectivity index (χ1n) is 6.35. The van der Waals surface area contributed by atoms with Crippen LogP contribution in [0.2, 0.25) is 0 Å². The minimum atomic E-state index is -0.735. The van der Waals surface area contributed by atoms with Crippen LogP contribution >= 0.6 is 0 Å². The van der Waals surface area contributed by atoms with Gasteiger partial charge in [-0.3, -0.25) is 4.79 Å². The molecular formula is C12H22N2O3. The van der Waals surface area contributed by atoms with Crippen LogP contribution in [0.25, 0.3) is 0 Å². The molecule has 2 amide bonds. The summed E-state index contributed by atoms with van der Waals surface area (Å²) in [6.45, 7) is 2.79. The zero-order valence-corrected chi connectivity index (χ0v) is 10.4. The Bertz CT molecular complexity index is 268. The largest absolute Gasteiger partial charge is 0.481 e. The van der Waals surface area contributed by atoms with Crippen LogP contribution in [0.1, 0.15) is 45.4 Å². The highest BCUT2D eigenvalue weighted by Gasteiger charge is 2.33. The Labute approximate surface area is 102 Å². The number of carboxylic acids is 1. The fourth-order valence-electron chi connectivity index (χ4n) is 1.70. The van der Waals surface area contributed by atoms with Gasteiger partial charge in [0, 0.05) is 19.0 Å². The Hall–Kier alpha value is -1.26. The standard InChI is InChI=1S/C12H22N2O3/c1-9-8-10(9)14-12(17)13-7-5-3-2-4-6-11(15)16/h9-10H,2-8H2,1H3,(H,15,16)(H2,13,14,17). The predicted molar refractivity (Wildman–Crippen MR) is 64.8 cm³/mol. The van der Waals surface area contributed by atoms with Crippen LogP contribution in [0.4, 0.5) is 4.79 Å². The molecule has 3 N–H and O–H groups in total. The van der Waals surface area contributed by atoms with E-state index in [0.29, 0.717) is 18.5 Å². The van der Waals surface area contributed by atoms with E-state index < -0.39 is 5.97 Å². The van der Waals surface area contributed by atoms with Gasteiger partial charge < -0.3 is 15.7 Å². The van der Waals surface area contributed by atoms with Crippen molar-refractivity contribution in [1.82, 2.24) is 10.6 Å². The van der Waals surface area contributed by atoms with Crippen molar-refractivity contribution < 1.29 is 14.7 Å². The summed E-state index contributed by atoms with van der Waals surface area (Å²) in [6, 6.07) is 0.287. The van der Waals surface area contributed by atoms with Crippen LogP contribution in [0.15, 0.2) is 0 Å². The molecule has 0 radical (unpaired) electrons. The smallest absolute Gasteiger partial charge is 0.315 e. The molecule has 98 valence electrons. The van der Waals surface area contributed by atoms with E-state index in [0.717, 1.165) is 32.1 Å². The molecule has 0 heterocycles. The Morgan fingerprint density at radius 1 is 1.24 bits per heavy atom. The van der Waals surface area contributed by atoms with Gasteiger partial charge in [-0.25, -0.2) is 4.79 Å². The fourth-order valence-corrected chi connectivity index (χ4v) is 1.70. The topological polar surface area (TPSA) is 78.4 Å². The van der Waals surface area contributed by atoms with E-state index in [9.17, 15) is 9.59 Å². The molecule has 0 aromatic heterocycles. The number of hydrogen-bond donors (Lipinski definition) is 3. The van der Waals surface area contributed by atoms with Crippen molar-refractivity contribution in [3.8, 4) is 0 Å². The number of unbranched alkanes of at least 4 members (excludes halogenated alkanes) is 3. The Morgan fingerprint density at radius 3 is 2.47 bits per heavy atom. The van der Waals surface area contributed by atoms with Crippen LogP contribution in [0.5, 0.6) is 0 Å². The van der Waals surface area contributed by atoms with Crippen molar-refractivity contribution in [2.24, 2.45) is 5.92 Å². The van der Waals surface area contributed by atoms with Crippen molar-refractivity contribution in [2.45, 2.75) is 51.5 Å². The SMILES string of the molecule is CC1CC1NC(=O)NCCCCCCC(=O)O. The summed E-state index contributed by atoms with van der Waals surface area (Å²) in [6.07, 6.45) is 4.84. The summed E-state index contributed by atoms with van der Waals surface area (Å²) >= 11 is 0. The molecule has 1 aliphatic rings. The van der Waals surface area contributed by atoms with Crippen LogP contribution in [-0.4, -0.2) is 29.7 Å². The molecule has 0 spiro atoms. The van der Waals surface area contributed by atoms with E-state index in [1.54, 1.807) is 0 Å². The average Bonchev–Trinajstić information content (AvgIpc) is 2.92. The summed E-state index contributed by atoms with van der Waals surface area (Å²) in [5.74, 6) is -0.113. The van der Waals surface area contributed by atoms with Crippen molar-refractivity contribution in [3.05, 3.63) is 0 Å². The second-order valence-corrected chi connectivity index (χ2v) is 4.78. The lowest BCUT2D eigenvalue weighted by Crippen LogP contribution is -2.37. The van der Waals surface area contributed by atoms with Crippen molar-refractivity contribution in [1.29, 1.82) is 0 Å². The molecule has 2 unspecified atom stereocenters. The molecule has 0 bridgehead atoms. The van der Waals surface area contributed by atoms with Gasteiger partial charge in [-0.05, 0) is 25.2 Å². The van der Waals surface area contributed by atoms with Gasteiger partial charge >= 0.3 is 12.0 Å². The number of urea groups is 1. The lowest BCUT2D eigenvalue weighted by molar-refractivity contribution is -0.137. The molecule has 0 aromatic carbocycles. The zero-order chi connectivity index (χ0) is 12.7. The molecule has 5 nitrogen and oxygen atoms in total. The molecule has 1 saturated carbocycles. The second-order valence-electron chi connectivity index (χ2n) is 4.78. The van der Waals surface area contributed by atoms with Gasteiger partial charge in [0.25, 0.3) is 0 Å². The number of carbonyl (C=O) groups is 2. The number of aliphatic carboxylic acids is 1. The lowest BCUT2D eigenvalue weighted by Gasteiger charge is -2.06. The van der Waals surface area contributed by atoms with Crippen molar-refractivity contribution in [3.63, 3.8) is 0 Å². The van der Waals surface area contributed by atoms with Gasteiger partial charge in [-0.15, -0.1) is 0 Å². The molecule has 1 fully saturated rings. The summed E-state index contributed by atoms with van der Waals surface area (Å²) in [5, 5.41) is 14.1. The number of carboxylic acid groups (broad SMARTS) is 1. The number of hydrogen-bond acceptors (Lipinski definition) is 2. The Kier molecular flexibility index (Phi) is 5.80. The maximum absolute atomic E-state index is 11.3. The van der Waals surface area contributed by atoms with Crippen molar-refractivity contribution >= 4 is 12.0 Å². The Morgan fingerprint density at radius 2 is 1.88 bits per heavy atom. The summed E-state index contributed by atoms with van der Waals surface area (Å²) in [4.78, 5) is 21.6. The highest BCUT2D eigenvalue weighted by atomic mass is 16.4. The summed E-state index contributed by atoms with van der Waals surface area (Å²) in [5.41, 5.74) is 0. The van der Waals surface area contributed by atoms with Crippen LogP contribution < -0.4 is 10.6 Å². The number of carbonyl (C=O) groups excluding carboxylic acids is 1. The molecular weight excluding hydrogens is 220 g/mol. The van der Waals surface area contributed by atoms with E-state index in [4.69, 9.17) is 5.11 Å². The van der Waals surface area contributed by atoms with Gasteiger partial charge in [0.1, 0.15) is 0 Å². The average molecular weight is 242 g/mol. The first-order chi connectivity index (χ1) is 8.09. The summed E-state index contributed by atoms with van der Waals surface area (Å²) < 4.78 is 0. The van der Waals surface area contributed by atoms with Crippen molar-refractivity contribution in [2.75, 3.05) is 6.54 Å². The normalized spacial score (nSPS) is 21.9. The van der Waals surface area contributed by atoms with E-state index in [1.165, 1.54) is 0 Å². The molecule has 0 aliphatic heterocycles. The minimum absolute atomic E-state index is 0.0788.